The smallest absolute Gasteiger partial charge is 0.119 e. The second-order valence-corrected chi connectivity index (χ2v) is 11.1. The molecule has 2 saturated carbocycles. The highest BCUT2D eigenvalue weighted by atomic mass is 16.5. The third-order valence-corrected chi connectivity index (χ3v) is 8.54. The molecule has 182 valence electrons. The van der Waals surface area contributed by atoms with Gasteiger partial charge in [-0.05, 0) is 105 Å². The van der Waals surface area contributed by atoms with E-state index < -0.39 is 0 Å². The Morgan fingerprint density at radius 1 is 0.625 bits per heavy atom. The summed E-state index contributed by atoms with van der Waals surface area (Å²) in [5.74, 6) is 4.64. The van der Waals surface area contributed by atoms with Gasteiger partial charge >= 0.3 is 0 Å². The fourth-order valence-corrected chi connectivity index (χ4v) is 6.48. The number of hydrogen-bond acceptors (Lipinski definition) is 1. The van der Waals surface area contributed by atoms with Gasteiger partial charge in [-0.25, -0.2) is 0 Å². The molecule has 0 N–H and O–H groups in total. The maximum absolute atomic E-state index is 6.09. The van der Waals surface area contributed by atoms with Gasteiger partial charge < -0.3 is 4.74 Å². The summed E-state index contributed by atoms with van der Waals surface area (Å²) in [5.41, 5.74) is 3.36. The van der Waals surface area contributed by atoms with Crippen LogP contribution in [-0.2, 0) is 0 Å². The fraction of sp³-hybridized carbons (Fsp3) is 0.806. The first-order chi connectivity index (χ1) is 15.7. The van der Waals surface area contributed by atoms with Gasteiger partial charge in [0, 0.05) is 0 Å². The van der Waals surface area contributed by atoms with Crippen molar-refractivity contribution in [3.8, 4) is 5.75 Å². The van der Waals surface area contributed by atoms with E-state index >= 15 is 0 Å². The van der Waals surface area contributed by atoms with E-state index in [9.17, 15) is 0 Å². The van der Waals surface area contributed by atoms with Gasteiger partial charge in [-0.15, -0.1) is 0 Å². The van der Waals surface area contributed by atoms with Crippen LogP contribution in [0.15, 0.2) is 18.2 Å². The molecule has 1 aromatic carbocycles. The quantitative estimate of drug-likeness (QED) is 0.277. The molecule has 0 heterocycles. The van der Waals surface area contributed by atoms with Crippen molar-refractivity contribution in [2.24, 2.45) is 11.8 Å². The minimum atomic E-state index is 0.764. The van der Waals surface area contributed by atoms with Crippen molar-refractivity contribution < 1.29 is 4.74 Å². The first-order valence-electron chi connectivity index (χ1n) is 14.5. The van der Waals surface area contributed by atoms with Crippen LogP contribution in [0.25, 0.3) is 0 Å². The minimum Gasteiger partial charge on any atom is -0.494 e. The van der Waals surface area contributed by atoms with E-state index in [2.05, 4.69) is 39.0 Å². The number of unbranched alkanes of at least 4 members (excludes halogenated alkanes) is 4. The molecule has 2 aliphatic rings. The average molecular weight is 441 g/mol. The lowest BCUT2D eigenvalue weighted by molar-refractivity contribution is 0.289. The van der Waals surface area contributed by atoms with E-state index in [1.807, 2.05) is 0 Å². The van der Waals surface area contributed by atoms with Crippen molar-refractivity contribution >= 4 is 0 Å². The molecule has 0 unspecified atom stereocenters. The van der Waals surface area contributed by atoms with E-state index in [1.54, 1.807) is 11.1 Å². The van der Waals surface area contributed by atoms with Crippen molar-refractivity contribution in [2.75, 3.05) is 6.61 Å². The van der Waals surface area contributed by atoms with Crippen LogP contribution in [0.5, 0.6) is 5.75 Å². The Bertz CT molecular complexity index is 619. The first kappa shape index (κ1) is 25.6. The van der Waals surface area contributed by atoms with Gasteiger partial charge in [0.2, 0.25) is 0 Å². The van der Waals surface area contributed by atoms with Gasteiger partial charge in [0.05, 0.1) is 6.61 Å². The van der Waals surface area contributed by atoms with Crippen molar-refractivity contribution in [1.29, 1.82) is 0 Å². The van der Waals surface area contributed by atoms with Gasteiger partial charge in [-0.2, -0.15) is 0 Å². The van der Waals surface area contributed by atoms with Gasteiger partial charge in [0.25, 0.3) is 0 Å². The summed E-state index contributed by atoms with van der Waals surface area (Å²) in [5, 5.41) is 0. The fourth-order valence-electron chi connectivity index (χ4n) is 6.48. The van der Waals surface area contributed by atoms with E-state index in [4.69, 9.17) is 4.74 Å². The third-order valence-electron chi connectivity index (χ3n) is 8.54. The molecule has 0 aliphatic heterocycles. The monoisotopic (exact) mass is 440 g/mol. The summed E-state index contributed by atoms with van der Waals surface area (Å²) in [6, 6.07) is 7.20. The first-order valence-corrected chi connectivity index (χ1v) is 14.5. The van der Waals surface area contributed by atoms with Crippen LogP contribution in [0.1, 0.15) is 153 Å². The van der Waals surface area contributed by atoms with Gasteiger partial charge in [-0.1, -0.05) is 78.2 Å². The van der Waals surface area contributed by atoms with Crippen molar-refractivity contribution in [3.05, 3.63) is 29.3 Å². The molecule has 0 radical (unpaired) electrons. The molecule has 0 spiro atoms. The molecule has 1 nitrogen and oxygen atoms in total. The second-order valence-electron chi connectivity index (χ2n) is 11.1. The van der Waals surface area contributed by atoms with Gasteiger partial charge in [0.15, 0.2) is 0 Å². The Morgan fingerprint density at radius 2 is 1.16 bits per heavy atom. The highest BCUT2D eigenvalue weighted by Crippen LogP contribution is 2.45. The van der Waals surface area contributed by atoms with E-state index in [0.717, 1.165) is 42.4 Å². The molecule has 2 fully saturated rings. The van der Waals surface area contributed by atoms with Crippen LogP contribution in [0, 0.1) is 11.8 Å². The zero-order valence-electron chi connectivity index (χ0n) is 21.7. The minimum absolute atomic E-state index is 0.764. The van der Waals surface area contributed by atoms with Crippen LogP contribution in [0.2, 0.25) is 0 Å². The average Bonchev–Trinajstić information content (AvgIpc) is 2.84. The van der Waals surface area contributed by atoms with E-state index in [0.29, 0.717) is 0 Å². The molecule has 0 atom stereocenters. The Kier molecular flexibility index (Phi) is 11.5. The normalized spacial score (nSPS) is 26.2. The summed E-state index contributed by atoms with van der Waals surface area (Å²) >= 11 is 0. The predicted molar refractivity (Wildman–Crippen MR) is 140 cm³/mol. The number of benzene rings is 1. The Labute approximate surface area is 200 Å². The number of ether oxygens (including phenoxy) is 1. The standard InChI is InChI=1S/C31H52O/c1-4-7-9-11-25-13-17-27(18-14-25)30-22-21-29(32-23-6-3)24-31(30)28-19-15-26(16-20-28)12-10-8-5-2/h21-22,24-28H,4-20,23H2,1-3H3. The molecular formula is C31H52O. The summed E-state index contributed by atoms with van der Waals surface area (Å²) in [6.45, 7) is 7.69. The van der Waals surface area contributed by atoms with Crippen LogP contribution in [0.3, 0.4) is 0 Å². The Morgan fingerprint density at radius 3 is 1.66 bits per heavy atom. The van der Waals surface area contributed by atoms with Gasteiger partial charge in [-0.3, -0.25) is 0 Å². The molecule has 32 heavy (non-hydrogen) atoms. The van der Waals surface area contributed by atoms with Crippen molar-refractivity contribution in [3.63, 3.8) is 0 Å². The van der Waals surface area contributed by atoms with E-state index in [-0.39, 0.29) is 0 Å². The molecule has 3 rings (SSSR count). The van der Waals surface area contributed by atoms with Crippen LogP contribution < -0.4 is 4.74 Å². The molecule has 0 bridgehead atoms. The van der Waals surface area contributed by atoms with Crippen LogP contribution in [0.4, 0.5) is 0 Å². The summed E-state index contributed by atoms with van der Waals surface area (Å²) in [6.07, 6.45) is 23.9. The zero-order valence-corrected chi connectivity index (χ0v) is 21.7. The zero-order chi connectivity index (χ0) is 22.6. The second kappa shape index (κ2) is 14.3. The van der Waals surface area contributed by atoms with Crippen molar-refractivity contribution in [2.45, 2.75) is 142 Å². The number of rotatable bonds is 13. The van der Waals surface area contributed by atoms with Crippen LogP contribution >= 0.6 is 0 Å². The maximum atomic E-state index is 6.09. The number of hydrogen-bond donors (Lipinski definition) is 0. The summed E-state index contributed by atoms with van der Waals surface area (Å²) in [7, 11) is 0. The molecule has 1 heteroatoms. The highest BCUT2D eigenvalue weighted by Gasteiger charge is 2.29. The summed E-state index contributed by atoms with van der Waals surface area (Å²) in [4.78, 5) is 0. The Hall–Kier alpha value is -0.980. The largest absolute Gasteiger partial charge is 0.494 e. The lowest BCUT2D eigenvalue weighted by Gasteiger charge is -2.34. The molecule has 0 saturated heterocycles. The SMILES string of the molecule is CCCCCC1CCC(c2ccc(OCCC)cc2C2CCC(CCCCC)CC2)CC1. The molecule has 2 aliphatic carbocycles. The lowest BCUT2D eigenvalue weighted by atomic mass is 9.71. The van der Waals surface area contributed by atoms with E-state index in [1.165, 1.54) is 103 Å². The van der Waals surface area contributed by atoms with Crippen LogP contribution in [-0.4, -0.2) is 6.61 Å². The van der Waals surface area contributed by atoms with Gasteiger partial charge in [0.1, 0.15) is 5.75 Å². The highest BCUT2D eigenvalue weighted by molar-refractivity contribution is 5.40. The molecule has 0 aromatic heterocycles. The lowest BCUT2D eigenvalue weighted by Crippen LogP contribution is -2.18. The molecule has 1 aromatic rings. The predicted octanol–water partition coefficient (Wildman–Crippen LogP) is 10.2. The Balaban J connectivity index is 1.63. The molecule has 0 amide bonds. The van der Waals surface area contributed by atoms with Crippen molar-refractivity contribution in [1.82, 2.24) is 0 Å². The topological polar surface area (TPSA) is 9.23 Å². The molecular weight excluding hydrogens is 388 g/mol. The summed E-state index contributed by atoms with van der Waals surface area (Å²) < 4.78 is 6.09. The third kappa shape index (κ3) is 7.81. The maximum Gasteiger partial charge on any atom is 0.119 e.